The first kappa shape index (κ1) is 23.8. The molecule has 0 aliphatic heterocycles. The van der Waals surface area contributed by atoms with E-state index in [4.69, 9.17) is 4.74 Å². The van der Waals surface area contributed by atoms with Crippen LogP contribution in [0.2, 0.25) is 0 Å². The lowest BCUT2D eigenvalue weighted by atomic mass is 10.1. The highest BCUT2D eigenvalue weighted by Crippen LogP contribution is 2.23. The lowest BCUT2D eigenvalue weighted by molar-refractivity contribution is 0.0950. The Morgan fingerprint density at radius 3 is 2.51 bits per heavy atom. The number of hydrogen-bond acceptors (Lipinski definition) is 5. The summed E-state index contributed by atoms with van der Waals surface area (Å²) in [5.74, 6) is 0.369. The van der Waals surface area contributed by atoms with Gasteiger partial charge in [-0.05, 0) is 55.3 Å². The van der Waals surface area contributed by atoms with E-state index >= 15 is 0 Å². The van der Waals surface area contributed by atoms with Gasteiger partial charge in [0, 0.05) is 24.3 Å². The fourth-order valence-corrected chi connectivity index (χ4v) is 3.66. The van der Waals surface area contributed by atoms with E-state index in [-0.39, 0.29) is 5.91 Å². The zero-order chi connectivity index (χ0) is 24.5. The van der Waals surface area contributed by atoms with Crippen LogP contribution < -0.4 is 15.1 Å². The largest absolute Gasteiger partial charge is 0.489 e. The first-order chi connectivity index (χ1) is 17.2. The molecule has 0 saturated carbocycles. The summed E-state index contributed by atoms with van der Waals surface area (Å²) in [6.07, 6.45) is 1.62. The van der Waals surface area contributed by atoms with Crippen LogP contribution in [0.1, 0.15) is 35.5 Å². The van der Waals surface area contributed by atoms with Crippen molar-refractivity contribution in [3.63, 3.8) is 0 Å². The molecule has 4 aromatic rings. The summed E-state index contributed by atoms with van der Waals surface area (Å²) in [7, 11) is 0. The molecule has 2 N–H and O–H groups in total. The van der Waals surface area contributed by atoms with Crippen LogP contribution >= 0.6 is 0 Å². The molecular formula is C28H29N5O2. The van der Waals surface area contributed by atoms with Gasteiger partial charge in [-0.25, -0.2) is 5.43 Å². The second-order valence-corrected chi connectivity index (χ2v) is 7.93. The molecule has 7 nitrogen and oxygen atoms in total. The van der Waals surface area contributed by atoms with Crippen molar-refractivity contribution in [2.24, 2.45) is 5.10 Å². The summed E-state index contributed by atoms with van der Waals surface area (Å²) < 4.78 is 5.90. The van der Waals surface area contributed by atoms with Gasteiger partial charge >= 0.3 is 0 Å². The van der Waals surface area contributed by atoms with Crippen molar-refractivity contribution in [3.8, 4) is 17.0 Å². The van der Waals surface area contributed by atoms with Crippen LogP contribution in [-0.4, -0.2) is 35.4 Å². The number of carbonyl (C=O) groups excluding carboxylic acids is 1. The minimum absolute atomic E-state index is 0.324. The third-order valence-corrected chi connectivity index (χ3v) is 5.60. The molecule has 1 heterocycles. The summed E-state index contributed by atoms with van der Waals surface area (Å²) in [5.41, 5.74) is 7.53. The lowest BCUT2D eigenvalue weighted by Gasteiger charge is -2.20. The van der Waals surface area contributed by atoms with E-state index < -0.39 is 0 Å². The normalized spacial score (nSPS) is 10.9. The number of hydrazone groups is 1. The molecule has 0 aliphatic carbocycles. The van der Waals surface area contributed by atoms with Crippen molar-refractivity contribution in [1.29, 1.82) is 0 Å². The first-order valence-corrected chi connectivity index (χ1v) is 11.7. The number of H-pyrrole nitrogens is 1. The molecule has 0 saturated heterocycles. The Kier molecular flexibility index (Phi) is 7.91. The van der Waals surface area contributed by atoms with Crippen molar-refractivity contribution in [3.05, 3.63) is 102 Å². The van der Waals surface area contributed by atoms with Gasteiger partial charge in [-0.1, -0.05) is 54.6 Å². The SMILES string of the molecule is CCN(CC)c1ccc(C=NNC(=O)c2cc(-c3cccc(OCc4ccccc4)c3)n[nH]2)cc1. The Bertz CT molecular complexity index is 1260. The highest BCUT2D eigenvalue weighted by atomic mass is 16.5. The number of anilines is 1. The summed E-state index contributed by atoms with van der Waals surface area (Å²) in [5, 5.41) is 11.1. The Morgan fingerprint density at radius 1 is 1.00 bits per heavy atom. The average molecular weight is 468 g/mol. The van der Waals surface area contributed by atoms with Crippen molar-refractivity contribution in [2.45, 2.75) is 20.5 Å². The fourth-order valence-electron chi connectivity index (χ4n) is 3.66. The third-order valence-electron chi connectivity index (χ3n) is 5.60. The van der Waals surface area contributed by atoms with Gasteiger partial charge in [0.25, 0.3) is 5.91 Å². The van der Waals surface area contributed by atoms with Gasteiger partial charge in [-0.15, -0.1) is 0 Å². The minimum Gasteiger partial charge on any atom is -0.489 e. The molecule has 3 aromatic carbocycles. The molecule has 0 atom stereocenters. The number of benzene rings is 3. The van der Waals surface area contributed by atoms with E-state index in [0.29, 0.717) is 18.0 Å². The molecule has 0 spiro atoms. The van der Waals surface area contributed by atoms with Crippen LogP contribution in [0.5, 0.6) is 5.75 Å². The maximum absolute atomic E-state index is 12.5. The standard InChI is InChI=1S/C28H29N5O2/c1-3-33(4-2)24-15-13-21(14-16-24)19-29-32-28(34)27-18-26(30-31-27)23-11-8-12-25(17-23)35-20-22-9-6-5-7-10-22/h5-19H,3-4,20H2,1-2H3,(H,30,31)(H,32,34). The van der Waals surface area contributed by atoms with E-state index in [2.05, 4.69) is 51.6 Å². The van der Waals surface area contributed by atoms with Gasteiger partial charge in [0.2, 0.25) is 0 Å². The predicted molar refractivity (Wildman–Crippen MR) is 140 cm³/mol. The Hall–Kier alpha value is -4.39. The number of aromatic amines is 1. The zero-order valence-corrected chi connectivity index (χ0v) is 19.9. The number of aromatic nitrogens is 2. The smallest absolute Gasteiger partial charge is 0.289 e. The van der Waals surface area contributed by atoms with Crippen molar-refractivity contribution < 1.29 is 9.53 Å². The van der Waals surface area contributed by atoms with Gasteiger partial charge in [-0.2, -0.15) is 10.2 Å². The van der Waals surface area contributed by atoms with Crippen molar-refractivity contribution >= 4 is 17.8 Å². The van der Waals surface area contributed by atoms with Gasteiger partial charge in [0.15, 0.2) is 0 Å². The molecule has 0 unspecified atom stereocenters. The number of rotatable bonds is 10. The molecule has 35 heavy (non-hydrogen) atoms. The number of hydrogen-bond donors (Lipinski definition) is 2. The minimum atomic E-state index is -0.365. The Balaban J connectivity index is 1.34. The fraction of sp³-hybridized carbons (Fsp3) is 0.179. The zero-order valence-electron chi connectivity index (χ0n) is 19.9. The van der Waals surface area contributed by atoms with Gasteiger partial charge < -0.3 is 9.64 Å². The maximum atomic E-state index is 12.5. The highest BCUT2D eigenvalue weighted by Gasteiger charge is 2.11. The van der Waals surface area contributed by atoms with Gasteiger partial charge in [0.05, 0.1) is 11.9 Å². The van der Waals surface area contributed by atoms with Gasteiger partial charge in [0.1, 0.15) is 18.1 Å². The highest BCUT2D eigenvalue weighted by molar-refractivity contribution is 5.94. The molecule has 4 rings (SSSR count). The lowest BCUT2D eigenvalue weighted by Crippen LogP contribution is -2.21. The van der Waals surface area contributed by atoms with Crippen LogP contribution in [0, 0.1) is 0 Å². The summed E-state index contributed by atoms with van der Waals surface area (Å²) in [6.45, 7) is 6.65. The first-order valence-electron chi connectivity index (χ1n) is 11.7. The van der Waals surface area contributed by atoms with Crippen LogP contribution in [0.15, 0.2) is 90.0 Å². The van der Waals surface area contributed by atoms with Crippen molar-refractivity contribution in [2.75, 3.05) is 18.0 Å². The third kappa shape index (κ3) is 6.35. The molecule has 0 bridgehead atoms. The molecule has 0 fully saturated rings. The Labute approximate surface area is 205 Å². The average Bonchev–Trinajstić information content (AvgIpc) is 3.41. The van der Waals surface area contributed by atoms with Crippen LogP contribution in [0.4, 0.5) is 5.69 Å². The molecule has 1 amide bonds. The quantitative estimate of drug-likeness (QED) is 0.246. The van der Waals surface area contributed by atoms with Crippen LogP contribution in [0.25, 0.3) is 11.3 Å². The summed E-state index contributed by atoms with van der Waals surface area (Å²) >= 11 is 0. The van der Waals surface area contributed by atoms with E-state index in [9.17, 15) is 4.79 Å². The molecule has 1 aromatic heterocycles. The van der Waals surface area contributed by atoms with E-state index in [1.165, 1.54) is 0 Å². The Morgan fingerprint density at radius 2 is 1.77 bits per heavy atom. The molecule has 178 valence electrons. The number of ether oxygens (including phenoxy) is 1. The number of carbonyl (C=O) groups is 1. The van der Waals surface area contributed by atoms with E-state index in [0.717, 1.165) is 41.2 Å². The van der Waals surface area contributed by atoms with Crippen LogP contribution in [0.3, 0.4) is 0 Å². The monoisotopic (exact) mass is 467 g/mol. The molecular weight excluding hydrogens is 438 g/mol. The molecule has 0 radical (unpaired) electrons. The van der Waals surface area contributed by atoms with E-state index in [1.807, 2.05) is 66.7 Å². The van der Waals surface area contributed by atoms with Crippen molar-refractivity contribution in [1.82, 2.24) is 15.6 Å². The van der Waals surface area contributed by atoms with E-state index in [1.54, 1.807) is 12.3 Å². The van der Waals surface area contributed by atoms with Gasteiger partial charge in [-0.3, -0.25) is 9.89 Å². The predicted octanol–water partition coefficient (Wildman–Crippen LogP) is 5.27. The number of nitrogens with one attached hydrogen (secondary N) is 2. The maximum Gasteiger partial charge on any atom is 0.289 e. The number of nitrogens with zero attached hydrogens (tertiary/aromatic N) is 3. The summed E-state index contributed by atoms with van der Waals surface area (Å²) in [6, 6.07) is 27.4. The number of amides is 1. The topological polar surface area (TPSA) is 82.6 Å². The molecule has 7 heteroatoms. The second kappa shape index (κ2) is 11.7. The second-order valence-electron chi connectivity index (χ2n) is 7.93. The van der Waals surface area contributed by atoms with Crippen LogP contribution in [-0.2, 0) is 6.61 Å². The molecule has 0 aliphatic rings. The summed E-state index contributed by atoms with van der Waals surface area (Å²) in [4.78, 5) is 14.8.